The van der Waals surface area contributed by atoms with E-state index in [1.54, 1.807) is 0 Å². The lowest BCUT2D eigenvalue weighted by Crippen LogP contribution is -2.44. The highest BCUT2D eigenvalue weighted by Crippen LogP contribution is 2.44. The Morgan fingerprint density at radius 2 is 1.65 bits per heavy atom. The largest absolute Gasteiger partial charge is 0.543 e. The van der Waals surface area contributed by atoms with Gasteiger partial charge in [-0.05, 0) is 53.7 Å². The van der Waals surface area contributed by atoms with Crippen LogP contribution in [0, 0.1) is 6.92 Å². The molecule has 34 heavy (non-hydrogen) atoms. The third-order valence-electron chi connectivity index (χ3n) is 6.27. The van der Waals surface area contributed by atoms with E-state index in [-0.39, 0.29) is 26.0 Å². The first-order chi connectivity index (χ1) is 15.6. The van der Waals surface area contributed by atoms with Gasteiger partial charge in [0.1, 0.15) is 15.7 Å². The standard InChI is InChI=1S/C27H35NO3S2Si/c1-17-15-21(19(26(2,3)4)16-20(17)31-34(8,9)27(5,6)7)32-22-23(29)28-24(33-25(22)30)18-13-11-10-12-14-18/h10-16,29H,1-9H3. The van der Waals surface area contributed by atoms with Crippen molar-refractivity contribution in [2.24, 2.45) is 0 Å². The van der Waals surface area contributed by atoms with Crippen molar-refractivity contribution in [3.05, 3.63) is 63.1 Å². The Kier molecular flexibility index (Phi) is 7.42. The molecule has 0 aliphatic rings. The van der Waals surface area contributed by atoms with E-state index in [9.17, 15) is 9.90 Å². The van der Waals surface area contributed by atoms with Gasteiger partial charge in [0.15, 0.2) is 0 Å². The summed E-state index contributed by atoms with van der Waals surface area (Å²) >= 11 is 2.34. The minimum absolute atomic E-state index is 0.0889. The predicted octanol–water partition coefficient (Wildman–Crippen LogP) is 8.02. The van der Waals surface area contributed by atoms with Crippen LogP contribution >= 0.6 is 23.1 Å². The Labute approximate surface area is 212 Å². The average Bonchev–Trinajstić information content (AvgIpc) is 2.71. The van der Waals surface area contributed by atoms with E-state index in [1.807, 2.05) is 37.3 Å². The van der Waals surface area contributed by atoms with Crippen LogP contribution < -0.4 is 9.17 Å². The van der Waals surface area contributed by atoms with Gasteiger partial charge < -0.3 is 9.53 Å². The first-order valence-electron chi connectivity index (χ1n) is 11.4. The van der Waals surface area contributed by atoms with Crippen LogP contribution in [0.15, 0.2) is 57.1 Å². The second-order valence-electron chi connectivity index (χ2n) is 11.2. The molecule has 4 nitrogen and oxygen atoms in total. The molecule has 182 valence electrons. The summed E-state index contributed by atoms with van der Waals surface area (Å²) in [5, 5.41) is 11.3. The Bertz CT molecular complexity index is 1240. The van der Waals surface area contributed by atoms with Gasteiger partial charge in [0.05, 0.1) is 0 Å². The van der Waals surface area contributed by atoms with E-state index in [0.29, 0.717) is 5.01 Å². The van der Waals surface area contributed by atoms with Gasteiger partial charge in [-0.15, -0.1) is 0 Å². The second-order valence-corrected chi connectivity index (χ2v) is 17.9. The number of aryl methyl sites for hydroxylation is 1. The van der Waals surface area contributed by atoms with Crippen molar-refractivity contribution in [3.63, 3.8) is 0 Å². The van der Waals surface area contributed by atoms with Crippen molar-refractivity contribution >= 4 is 31.4 Å². The molecule has 0 spiro atoms. The van der Waals surface area contributed by atoms with Crippen molar-refractivity contribution in [2.75, 3.05) is 0 Å². The molecule has 0 atom stereocenters. The van der Waals surface area contributed by atoms with E-state index in [4.69, 9.17) is 4.43 Å². The van der Waals surface area contributed by atoms with Gasteiger partial charge in [-0.3, -0.25) is 4.79 Å². The molecule has 0 amide bonds. The lowest BCUT2D eigenvalue weighted by molar-refractivity contribution is 0.441. The fourth-order valence-electron chi connectivity index (χ4n) is 3.17. The van der Waals surface area contributed by atoms with Crippen LogP contribution in [-0.4, -0.2) is 18.4 Å². The van der Waals surface area contributed by atoms with Crippen molar-refractivity contribution in [1.82, 2.24) is 4.98 Å². The van der Waals surface area contributed by atoms with Crippen molar-refractivity contribution in [2.45, 2.75) is 81.8 Å². The molecule has 0 aliphatic carbocycles. The van der Waals surface area contributed by atoms with Crippen LogP contribution in [0.3, 0.4) is 0 Å². The highest BCUT2D eigenvalue weighted by molar-refractivity contribution is 7.99. The number of aromatic nitrogens is 1. The minimum atomic E-state index is -2.01. The molecule has 0 fully saturated rings. The number of benzene rings is 2. The number of hydrogen-bond donors (Lipinski definition) is 1. The number of aromatic hydroxyl groups is 1. The summed E-state index contributed by atoms with van der Waals surface area (Å²) in [6.07, 6.45) is 0. The summed E-state index contributed by atoms with van der Waals surface area (Å²) < 4.78 is 6.46. The first kappa shape index (κ1) is 26.5. The van der Waals surface area contributed by atoms with Crippen LogP contribution in [0.1, 0.15) is 52.7 Å². The second kappa shape index (κ2) is 9.51. The Hall–Kier alpha value is -2.09. The molecule has 0 bridgehead atoms. The average molecular weight is 514 g/mol. The maximum Gasteiger partial charge on any atom is 0.253 e. The number of hydrogen-bond acceptors (Lipinski definition) is 6. The SMILES string of the molecule is Cc1cc(Sc2c(O)nc(-c3ccccc3)sc2=O)c(C(C)(C)C)cc1O[Si](C)(C)C(C)(C)C. The third-order valence-corrected chi connectivity index (χ3v) is 12.8. The maximum atomic E-state index is 13.0. The zero-order valence-corrected chi connectivity index (χ0v) is 24.2. The predicted molar refractivity (Wildman–Crippen MR) is 147 cm³/mol. The quantitative estimate of drug-likeness (QED) is 0.350. The molecule has 1 N–H and O–H groups in total. The summed E-state index contributed by atoms with van der Waals surface area (Å²) in [5.41, 5.74) is 2.73. The molecule has 7 heteroatoms. The van der Waals surface area contributed by atoms with Crippen molar-refractivity contribution in [3.8, 4) is 22.2 Å². The molecule has 2 aromatic carbocycles. The summed E-state index contributed by atoms with van der Waals surface area (Å²) in [7, 11) is -2.01. The van der Waals surface area contributed by atoms with Crippen molar-refractivity contribution < 1.29 is 9.53 Å². The zero-order valence-electron chi connectivity index (χ0n) is 21.6. The fourth-order valence-corrected chi connectivity index (χ4v) is 6.39. The fraction of sp³-hybridized carbons (Fsp3) is 0.407. The van der Waals surface area contributed by atoms with Crippen molar-refractivity contribution in [1.29, 1.82) is 0 Å². The molecular weight excluding hydrogens is 479 g/mol. The molecule has 0 aliphatic heterocycles. The zero-order chi connectivity index (χ0) is 25.5. The summed E-state index contributed by atoms with van der Waals surface area (Å²) in [6, 6.07) is 13.6. The van der Waals surface area contributed by atoms with E-state index in [2.05, 4.69) is 71.8 Å². The van der Waals surface area contributed by atoms with Gasteiger partial charge in [-0.25, -0.2) is 4.98 Å². The van der Waals surface area contributed by atoms with E-state index >= 15 is 0 Å². The first-order valence-corrected chi connectivity index (χ1v) is 16.0. The van der Waals surface area contributed by atoms with Crippen LogP contribution in [0.2, 0.25) is 18.1 Å². The highest BCUT2D eigenvalue weighted by atomic mass is 32.2. The van der Waals surface area contributed by atoms with Gasteiger partial charge in [0.25, 0.3) is 4.74 Å². The molecular formula is C27H35NO3S2Si. The van der Waals surface area contributed by atoms with Gasteiger partial charge in [0.2, 0.25) is 14.2 Å². The van der Waals surface area contributed by atoms with E-state index in [1.165, 1.54) is 11.8 Å². The maximum absolute atomic E-state index is 13.0. The summed E-state index contributed by atoms with van der Waals surface area (Å²) in [5.74, 6) is 0.666. The molecule has 0 saturated carbocycles. The molecule has 0 saturated heterocycles. The lowest BCUT2D eigenvalue weighted by Gasteiger charge is -2.37. The van der Waals surface area contributed by atoms with Crippen LogP contribution in [-0.2, 0) is 5.41 Å². The molecule has 0 unspecified atom stereocenters. The Balaban J connectivity index is 2.05. The van der Waals surface area contributed by atoms with Gasteiger partial charge >= 0.3 is 0 Å². The van der Waals surface area contributed by atoms with Gasteiger partial charge in [-0.1, -0.05) is 95.0 Å². The molecule has 3 aromatic rings. The van der Waals surface area contributed by atoms with E-state index in [0.717, 1.165) is 38.7 Å². The smallest absolute Gasteiger partial charge is 0.253 e. The Morgan fingerprint density at radius 1 is 1.03 bits per heavy atom. The van der Waals surface area contributed by atoms with Crippen LogP contribution in [0.5, 0.6) is 11.6 Å². The van der Waals surface area contributed by atoms with Gasteiger partial charge in [0, 0.05) is 10.5 Å². The molecule has 0 radical (unpaired) electrons. The minimum Gasteiger partial charge on any atom is -0.543 e. The monoisotopic (exact) mass is 513 g/mol. The number of nitrogens with zero attached hydrogens (tertiary/aromatic N) is 1. The van der Waals surface area contributed by atoms with Gasteiger partial charge in [-0.2, -0.15) is 0 Å². The van der Waals surface area contributed by atoms with Crippen LogP contribution in [0.4, 0.5) is 0 Å². The molecule has 1 aromatic heterocycles. The summed E-state index contributed by atoms with van der Waals surface area (Å²) in [6.45, 7) is 19.7. The molecule has 1 heterocycles. The Morgan fingerprint density at radius 3 is 2.18 bits per heavy atom. The third kappa shape index (κ3) is 5.75. The lowest BCUT2D eigenvalue weighted by atomic mass is 9.86. The highest BCUT2D eigenvalue weighted by Gasteiger charge is 2.39. The van der Waals surface area contributed by atoms with Crippen LogP contribution in [0.25, 0.3) is 10.6 Å². The summed E-state index contributed by atoms with van der Waals surface area (Å²) in [4.78, 5) is 18.6. The number of rotatable bonds is 5. The normalized spacial score (nSPS) is 12.6. The topological polar surface area (TPSA) is 59.4 Å². The molecule has 3 rings (SSSR count). The van der Waals surface area contributed by atoms with E-state index < -0.39 is 8.32 Å².